The van der Waals surface area contributed by atoms with Crippen LogP contribution in [0.25, 0.3) is 0 Å². The summed E-state index contributed by atoms with van der Waals surface area (Å²) in [6, 6.07) is 4.89. The average Bonchev–Trinajstić information content (AvgIpc) is 3.38. The molecule has 7 heteroatoms. The minimum absolute atomic E-state index is 0. The molecule has 0 radical (unpaired) electrons. The molecule has 1 unspecified atom stereocenters. The van der Waals surface area contributed by atoms with Crippen LogP contribution in [0.3, 0.4) is 0 Å². The van der Waals surface area contributed by atoms with Gasteiger partial charge >= 0.3 is 0 Å². The Bertz CT molecular complexity index is 542. The maximum absolute atomic E-state index is 5.47. The summed E-state index contributed by atoms with van der Waals surface area (Å²) in [5.74, 6) is 1.81. The monoisotopic (exact) mass is 506 g/mol. The third kappa shape index (κ3) is 6.87. The van der Waals surface area contributed by atoms with E-state index in [4.69, 9.17) is 4.74 Å². The molecule has 3 heterocycles. The van der Waals surface area contributed by atoms with Crippen LogP contribution in [-0.4, -0.2) is 69.2 Å². The first kappa shape index (κ1) is 22.9. The van der Waals surface area contributed by atoms with Crippen LogP contribution in [0.2, 0.25) is 0 Å². The fraction of sp³-hybridized carbons (Fsp3) is 0.750. The van der Waals surface area contributed by atoms with Crippen molar-refractivity contribution in [2.75, 3.05) is 53.5 Å². The van der Waals surface area contributed by atoms with Crippen molar-refractivity contribution in [3.8, 4) is 0 Å². The molecule has 0 aromatic carbocycles. The second-order valence-electron chi connectivity index (χ2n) is 7.47. The molecule has 0 amide bonds. The molecule has 0 bridgehead atoms. The van der Waals surface area contributed by atoms with Crippen molar-refractivity contribution in [1.29, 1.82) is 0 Å². The Kier molecular flexibility index (Phi) is 10.4. The number of guanidine groups is 1. The second kappa shape index (κ2) is 12.2. The van der Waals surface area contributed by atoms with Gasteiger partial charge in [0.25, 0.3) is 0 Å². The number of likely N-dealkylation sites (tertiary alicyclic amines) is 1. The highest BCUT2D eigenvalue weighted by Gasteiger charge is 2.25. The fourth-order valence-electron chi connectivity index (χ4n) is 4.03. The van der Waals surface area contributed by atoms with Crippen molar-refractivity contribution in [2.24, 2.45) is 10.9 Å². The normalized spacial score (nSPS) is 20.3. The van der Waals surface area contributed by atoms with Crippen LogP contribution >= 0.6 is 35.3 Å². The molecule has 1 N–H and O–H groups in total. The van der Waals surface area contributed by atoms with E-state index in [2.05, 4.69) is 44.7 Å². The zero-order valence-corrected chi connectivity index (χ0v) is 19.9. The number of halogens is 1. The van der Waals surface area contributed by atoms with Gasteiger partial charge in [0.1, 0.15) is 0 Å². The number of nitrogens with one attached hydrogen (secondary N) is 1. The van der Waals surface area contributed by atoms with Crippen molar-refractivity contribution in [3.05, 3.63) is 22.4 Å². The number of hydrogen-bond donors (Lipinski definition) is 1. The maximum Gasteiger partial charge on any atom is 0.193 e. The van der Waals surface area contributed by atoms with Gasteiger partial charge in [-0.2, -0.15) is 0 Å². The summed E-state index contributed by atoms with van der Waals surface area (Å²) in [7, 11) is 4.05. The van der Waals surface area contributed by atoms with Crippen LogP contribution in [0, 0.1) is 5.92 Å². The van der Waals surface area contributed by atoms with Gasteiger partial charge in [0.15, 0.2) is 5.96 Å². The van der Waals surface area contributed by atoms with E-state index in [1.165, 1.54) is 50.1 Å². The van der Waals surface area contributed by atoms with E-state index in [-0.39, 0.29) is 24.0 Å². The molecular weight excluding hydrogens is 471 g/mol. The Labute approximate surface area is 185 Å². The van der Waals surface area contributed by atoms with Gasteiger partial charge in [-0.25, -0.2) is 0 Å². The lowest BCUT2D eigenvalue weighted by atomic mass is 9.96. The van der Waals surface area contributed by atoms with Crippen LogP contribution in [-0.2, 0) is 4.74 Å². The van der Waals surface area contributed by atoms with E-state index in [1.807, 2.05) is 18.4 Å². The van der Waals surface area contributed by atoms with Crippen molar-refractivity contribution >= 4 is 41.3 Å². The topological polar surface area (TPSA) is 40.1 Å². The van der Waals surface area contributed by atoms with Gasteiger partial charge in [-0.3, -0.25) is 9.89 Å². The Hall–Kier alpha value is -0.380. The SMILES string of the molecule is CN=C(NCC(c1cccs1)N1CCCC1)N(C)CCC1CCOCC1.I. The van der Waals surface area contributed by atoms with Gasteiger partial charge in [0.2, 0.25) is 0 Å². The van der Waals surface area contributed by atoms with Crippen molar-refractivity contribution in [2.45, 2.75) is 38.1 Å². The highest BCUT2D eigenvalue weighted by atomic mass is 127. The molecule has 154 valence electrons. The van der Waals surface area contributed by atoms with Crippen LogP contribution in [0.1, 0.15) is 43.0 Å². The molecule has 1 aromatic heterocycles. The zero-order chi connectivity index (χ0) is 18.2. The summed E-state index contributed by atoms with van der Waals surface area (Å²) in [4.78, 5) is 10.9. The molecule has 0 spiro atoms. The molecule has 1 aromatic rings. The van der Waals surface area contributed by atoms with Crippen LogP contribution in [0.15, 0.2) is 22.5 Å². The molecule has 2 aliphatic heterocycles. The zero-order valence-electron chi connectivity index (χ0n) is 16.7. The maximum atomic E-state index is 5.47. The molecule has 2 fully saturated rings. The summed E-state index contributed by atoms with van der Waals surface area (Å²) >= 11 is 1.87. The molecule has 5 nitrogen and oxygen atoms in total. The number of thiophene rings is 1. The van der Waals surface area contributed by atoms with Gasteiger partial charge in [-0.05, 0) is 62.6 Å². The van der Waals surface area contributed by atoms with Gasteiger partial charge in [0, 0.05) is 45.3 Å². The van der Waals surface area contributed by atoms with E-state index in [0.717, 1.165) is 38.2 Å². The summed E-state index contributed by atoms with van der Waals surface area (Å²) in [5, 5.41) is 5.83. The second-order valence-corrected chi connectivity index (χ2v) is 8.45. The molecule has 27 heavy (non-hydrogen) atoms. The van der Waals surface area contributed by atoms with E-state index >= 15 is 0 Å². The standard InChI is InChI=1S/C20H34N4OS.HI/c1-21-20(23(2)12-7-17-8-13-25-14-9-17)22-16-18(19-6-5-15-26-19)24-10-3-4-11-24;/h5-6,15,17-18H,3-4,7-14,16H2,1-2H3,(H,21,22);1H. The first-order chi connectivity index (χ1) is 12.8. The molecule has 1 atom stereocenters. The first-order valence-corrected chi connectivity index (χ1v) is 10.9. The summed E-state index contributed by atoms with van der Waals surface area (Å²) in [6.45, 7) is 6.26. The molecular formula is C20H35IN4OS. The minimum atomic E-state index is 0. The average molecular weight is 506 g/mol. The van der Waals surface area contributed by atoms with Crippen LogP contribution < -0.4 is 5.32 Å². The Morgan fingerprint density at radius 2 is 2.11 bits per heavy atom. The predicted molar refractivity (Wildman–Crippen MR) is 125 cm³/mol. The van der Waals surface area contributed by atoms with Gasteiger partial charge < -0.3 is 15.0 Å². The van der Waals surface area contributed by atoms with E-state index < -0.39 is 0 Å². The molecule has 0 saturated carbocycles. The van der Waals surface area contributed by atoms with E-state index in [0.29, 0.717) is 6.04 Å². The van der Waals surface area contributed by atoms with Crippen LogP contribution in [0.4, 0.5) is 0 Å². The Morgan fingerprint density at radius 1 is 1.37 bits per heavy atom. The highest BCUT2D eigenvalue weighted by molar-refractivity contribution is 14.0. The van der Waals surface area contributed by atoms with Crippen molar-refractivity contribution in [1.82, 2.24) is 15.1 Å². The fourth-order valence-corrected chi connectivity index (χ4v) is 4.89. The quantitative estimate of drug-likeness (QED) is 0.347. The van der Waals surface area contributed by atoms with Gasteiger partial charge in [-0.1, -0.05) is 6.07 Å². The highest BCUT2D eigenvalue weighted by Crippen LogP contribution is 2.28. The van der Waals surface area contributed by atoms with E-state index in [9.17, 15) is 0 Å². The summed E-state index contributed by atoms with van der Waals surface area (Å²) < 4.78 is 5.47. The predicted octanol–water partition coefficient (Wildman–Crippen LogP) is 3.83. The Morgan fingerprint density at radius 3 is 2.74 bits per heavy atom. The molecule has 3 rings (SSSR count). The largest absolute Gasteiger partial charge is 0.381 e. The van der Waals surface area contributed by atoms with Gasteiger partial charge in [0.05, 0.1) is 6.04 Å². The van der Waals surface area contributed by atoms with Crippen LogP contribution in [0.5, 0.6) is 0 Å². The Balaban J connectivity index is 0.00000261. The lowest BCUT2D eigenvalue weighted by molar-refractivity contribution is 0.0625. The van der Waals surface area contributed by atoms with E-state index in [1.54, 1.807) is 0 Å². The third-order valence-corrected chi connectivity index (χ3v) is 6.67. The number of hydrogen-bond acceptors (Lipinski definition) is 4. The summed E-state index contributed by atoms with van der Waals surface area (Å²) in [5.41, 5.74) is 0. The number of rotatable bonds is 7. The van der Waals surface area contributed by atoms with Gasteiger partial charge in [-0.15, -0.1) is 35.3 Å². The number of aliphatic imine (C=N–C) groups is 1. The lowest BCUT2D eigenvalue weighted by Crippen LogP contribution is -2.44. The molecule has 2 saturated heterocycles. The molecule has 0 aliphatic carbocycles. The third-order valence-electron chi connectivity index (χ3n) is 5.69. The van der Waals surface area contributed by atoms with Crippen molar-refractivity contribution < 1.29 is 4.74 Å². The minimum Gasteiger partial charge on any atom is -0.381 e. The number of nitrogens with zero attached hydrogens (tertiary/aromatic N) is 3. The first-order valence-electron chi connectivity index (χ1n) is 10.0. The lowest BCUT2D eigenvalue weighted by Gasteiger charge is -2.30. The van der Waals surface area contributed by atoms with Crippen molar-refractivity contribution in [3.63, 3.8) is 0 Å². The number of ether oxygens (including phenoxy) is 1. The smallest absolute Gasteiger partial charge is 0.193 e. The summed E-state index contributed by atoms with van der Waals surface area (Å²) in [6.07, 6.45) is 6.27. The molecule has 2 aliphatic rings.